The molecule has 0 aromatic heterocycles. The SMILES string of the molecule is Cc1ccc(NC(=O)N[C@@H](Cc2cc(F)cc(F)c2)C(=O)N[C@@H]2C(=O)N3CCC[C@H]3C(=O)N(C)[C@@H]([C@@H](C)O)C(=O)N[C@@H](C)C(=O)N3C[C@H](C)CC3C(=O)O[C@H]2C)cc1. The number of carbonyl (C=O) groups excluding carboxylic acids is 7. The van der Waals surface area contributed by atoms with Crippen molar-refractivity contribution in [3.05, 3.63) is 65.2 Å². The van der Waals surface area contributed by atoms with Crippen molar-refractivity contribution in [2.24, 2.45) is 5.92 Å². The quantitative estimate of drug-likeness (QED) is 0.256. The molecule has 3 aliphatic heterocycles. The molecule has 0 radical (unpaired) electrons. The van der Waals surface area contributed by atoms with Crippen molar-refractivity contribution in [1.29, 1.82) is 0 Å². The number of likely N-dealkylation sites (N-methyl/N-ethyl adjacent to an activating group) is 1. The summed E-state index contributed by atoms with van der Waals surface area (Å²) in [7, 11) is 1.30. The molecule has 3 saturated heterocycles. The van der Waals surface area contributed by atoms with Gasteiger partial charge in [-0.15, -0.1) is 0 Å². The molecular formula is C40H51F2N7O9. The highest BCUT2D eigenvalue weighted by atomic mass is 19.1. The van der Waals surface area contributed by atoms with Crippen LogP contribution in [0.3, 0.4) is 0 Å². The number of halogens is 2. The van der Waals surface area contributed by atoms with Crippen LogP contribution in [-0.2, 0) is 39.9 Å². The lowest BCUT2D eigenvalue weighted by Gasteiger charge is -2.37. The number of ether oxygens (including phenoxy) is 1. The van der Waals surface area contributed by atoms with Crippen LogP contribution in [0.2, 0.25) is 0 Å². The molecule has 3 fully saturated rings. The molecule has 2 aromatic rings. The number of nitrogens with zero attached hydrogens (tertiary/aromatic N) is 3. The molecule has 0 bridgehead atoms. The van der Waals surface area contributed by atoms with Crippen LogP contribution in [-0.4, -0.2) is 130 Å². The Balaban J connectivity index is 1.51. The maximum atomic E-state index is 14.6. The highest BCUT2D eigenvalue weighted by Crippen LogP contribution is 2.27. The fraction of sp³-hybridized carbons (Fsp3) is 0.525. The van der Waals surface area contributed by atoms with Crippen molar-refractivity contribution in [3.63, 3.8) is 0 Å². The first-order valence-electron chi connectivity index (χ1n) is 19.3. The lowest BCUT2D eigenvalue weighted by atomic mass is 10.0. The molecule has 18 heteroatoms. The van der Waals surface area contributed by atoms with Gasteiger partial charge in [-0.2, -0.15) is 0 Å². The van der Waals surface area contributed by atoms with E-state index in [-0.39, 0.29) is 37.4 Å². The maximum Gasteiger partial charge on any atom is 0.329 e. The molecule has 3 heterocycles. The fourth-order valence-electron chi connectivity index (χ4n) is 7.78. The van der Waals surface area contributed by atoms with Gasteiger partial charge in [-0.3, -0.25) is 24.0 Å². The van der Waals surface area contributed by atoms with Crippen molar-refractivity contribution >= 4 is 47.2 Å². The standard InChI is InChI=1S/C40H51F2N7O9/c1-20-9-11-28(12-10-20)44-40(57)45-29(17-25-15-26(41)18-27(42)16-25)34(51)46-32-24(5)58-39(56)31-14-21(2)19-49(31)36(53)22(3)43-35(52)33(23(4)50)47(6)37(54)30-8-7-13-48(30)38(32)55/h9-12,15-16,18,21-24,29-33,50H,7-8,13-14,17,19H2,1-6H3,(H,43,52)(H,46,51)(H2,44,45,57)/t21-,22+,23-,24+,29+,30+,31?,32+,33+/m1/s1. The van der Waals surface area contributed by atoms with Crippen LogP contribution in [0.15, 0.2) is 42.5 Å². The predicted octanol–water partition coefficient (Wildman–Crippen LogP) is 1.38. The second kappa shape index (κ2) is 18.3. The number of fused-ring (bicyclic) bond motifs is 2. The average Bonchev–Trinajstić information content (AvgIpc) is 3.80. The molecule has 0 aliphatic carbocycles. The molecule has 58 heavy (non-hydrogen) atoms. The molecule has 16 nitrogen and oxygen atoms in total. The van der Waals surface area contributed by atoms with Gasteiger partial charge >= 0.3 is 12.0 Å². The second-order valence-electron chi connectivity index (χ2n) is 15.5. The zero-order valence-corrected chi connectivity index (χ0v) is 33.3. The van der Waals surface area contributed by atoms with E-state index < -0.39 is 108 Å². The van der Waals surface area contributed by atoms with Gasteiger partial charge in [-0.1, -0.05) is 24.6 Å². The van der Waals surface area contributed by atoms with Crippen molar-refractivity contribution in [2.75, 3.05) is 25.5 Å². The lowest BCUT2D eigenvalue weighted by Crippen LogP contribution is -2.63. The summed E-state index contributed by atoms with van der Waals surface area (Å²) in [6, 6.07) is 0.333. The number of anilines is 1. The van der Waals surface area contributed by atoms with Crippen LogP contribution in [0.25, 0.3) is 0 Å². The highest BCUT2D eigenvalue weighted by molar-refractivity contribution is 5.98. The number of hydrogen-bond donors (Lipinski definition) is 5. The summed E-state index contributed by atoms with van der Waals surface area (Å²) in [4.78, 5) is 101. The second-order valence-corrected chi connectivity index (χ2v) is 15.5. The molecule has 3 aliphatic rings. The molecule has 7 amide bonds. The minimum Gasteiger partial charge on any atom is -0.458 e. The van der Waals surface area contributed by atoms with Gasteiger partial charge in [0.15, 0.2) is 0 Å². The fourth-order valence-corrected chi connectivity index (χ4v) is 7.78. The Morgan fingerprint density at radius 2 is 1.60 bits per heavy atom. The van der Waals surface area contributed by atoms with E-state index >= 15 is 0 Å². The number of amides is 7. The van der Waals surface area contributed by atoms with E-state index in [1.54, 1.807) is 24.3 Å². The van der Waals surface area contributed by atoms with Gasteiger partial charge in [-0.25, -0.2) is 18.4 Å². The normalized spacial score (nSPS) is 26.9. The number of aliphatic hydroxyl groups is 1. The van der Waals surface area contributed by atoms with E-state index in [0.717, 1.165) is 22.6 Å². The van der Waals surface area contributed by atoms with Crippen LogP contribution >= 0.6 is 0 Å². The van der Waals surface area contributed by atoms with Crippen LogP contribution in [0.4, 0.5) is 19.3 Å². The third-order valence-corrected chi connectivity index (χ3v) is 10.7. The largest absolute Gasteiger partial charge is 0.458 e. The van der Waals surface area contributed by atoms with Crippen LogP contribution in [0, 0.1) is 24.5 Å². The van der Waals surface area contributed by atoms with E-state index in [1.807, 2.05) is 13.8 Å². The molecule has 0 spiro atoms. The first-order valence-corrected chi connectivity index (χ1v) is 19.3. The zero-order valence-electron chi connectivity index (χ0n) is 33.3. The molecule has 5 N–H and O–H groups in total. The number of aliphatic hydroxyl groups excluding tert-OH is 1. The van der Waals surface area contributed by atoms with Gasteiger partial charge in [0.2, 0.25) is 29.5 Å². The average molecular weight is 812 g/mol. The van der Waals surface area contributed by atoms with E-state index in [9.17, 15) is 47.4 Å². The van der Waals surface area contributed by atoms with E-state index in [4.69, 9.17) is 4.74 Å². The van der Waals surface area contributed by atoms with E-state index in [1.165, 1.54) is 37.6 Å². The topological polar surface area (TPSA) is 207 Å². The van der Waals surface area contributed by atoms with E-state index in [2.05, 4.69) is 21.3 Å². The Morgan fingerprint density at radius 3 is 2.24 bits per heavy atom. The lowest BCUT2D eigenvalue weighted by molar-refractivity contribution is -0.163. The summed E-state index contributed by atoms with van der Waals surface area (Å²) in [5.41, 5.74) is 1.29. The Morgan fingerprint density at radius 1 is 0.948 bits per heavy atom. The van der Waals surface area contributed by atoms with Gasteiger partial charge in [0.05, 0.1) is 6.10 Å². The van der Waals surface area contributed by atoms with Crippen molar-refractivity contribution < 1.29 is 52.2 Å². The number of aryl methyl sites for hydroxylation is 1. The van der Waals surface area contributed by atoms with Gasteiger partial charge in [0.25, 0.3) is 0 Å². The third kappa shape index (κ3) is 10.1. The maximum absolute atomic E-state index is 14.6. The summed E-state index contributed by atoms with van der Waals surface area (Å²) in [5.74, 6) is -6.91. The number of carbonyl (C=O) groups is 7. The number of urea groups is 1. The Bertz CT molecular complexity index is 1890. The monoisotopic (exact) mass is 811 g/mol. The smallest absolute Gasteiger partial charge is 0.329 e. The number of esters is 1. The van der Waals surface area contributed by atoms with Crippen molar-refractivity contribution in [1.82, 2.24) is 30.7 Å². The van der Waals surface area contributed by atoms with Gasteiger partial charge in [0, 0.05) is 38.3 Å². The molecule has 0 saturated carbocycles. The number of nitrogens with one attached hydrogen (secondary N) is 4. The van der Waals surface area contributed by atoms with Gasteiger partial charge in [0.1, 0.15) is 54.0 Å². The van der Waals surface area contributed by atoms with Crippen molar-refractivity contribution in [2.45, 2.75) is 109 Å². The van der Waals surface area contributed by atoms with Crippen LogP contribution in [0.1, 0.15) is 58.1 Å². The Kier molecular flexibility index (Phi) is 13.7. The van der Waals surface area contributed by atoms with Gasteiger partial charge < -0.3 is 45.8 Å². The van der Waals surface area contributed by atoms with Gasteiger partial charge in [-0.05, 0) is 82.7 Å². The molecule has 2 aromatic carbocycles. The van der Waals surface area contributed by atoms with Crippen LogP contribution < -0.4 is 21.3 Å². The number of rotatable bonds is 7. The zero-order chi connectivity index (χ0) is 42.6. The van der Waals surface area contributed by atoms with E-state index in [0.29, 0.717) is 18.2 Å². The number of cyclic esters (lactones) is 1. The highest BCUT2D eigenvalue weighted by Gasteiger charge is 2.47. The summed E-state index contributed by atoms with van der Waals surface area (Å²) in [5, 5.41) is 20.9. The van der Waals surface area contributed by atoms with Crippen molar-refractivity contribution in [3.8, 4) is 0 Å². The summed E-state index contributed by atoms with van der Waals surface area (Å²) < 4.78 is 34.4. The molecule has 1 unspecified atom stereocenters. The first kappa shape index (κ1) is 43.5. The molecular weight excluding hydrogens is 760 g/mol. The summed E-state index contributed by atoms with van der Waals surface area (Å²) in [6.45, 7) is 7.92. The molecule has 314 valence electrons. The Hall–Kier alpha value is -5.65. The Labute approximate surface area is 335 Å². The minimum absolute atomic E-state index is 0.00337. The number of hydrogen-bond acceptors (Lipinski definition) is 9. The number of benzene rings is 2. The molecule has 9 atom stereocenters. The van der Waals surface area contributed by atoms with Crippen LogP contribution in [0.5, 0.6) is 0 Å². The first-order chi connectivity index (χ1) is 27.3. The summed E-state index contributed by atoms with van der Waals surface area (Å²) >= 11 is 0. The third-order valence-electron chi connectivity index (χ3n) is 10.7. The minimum atomic E-state index is -1.69. The molecule has 5 rings (SSSR count). The summed E-state index contributed by atoms with van der Waals surface area (Å²) in [6.07, 6.45) is -2.58. The predicted molar refractivity (Wildman–Crippen MR) is 205 cm³/mol.